The van der Waals surface area contributed by atoms with Crippen molar-refractivity contribution in [3.05, 3.63) is 52.2 Å². The molecule has 0 aliphatic carbocycles. The van der Waals surface area contributed by atoms with E-state index in [9.17, 15) is 9.59 Å². The Hall–Kier alpha value is -2.34. The van der Waals surface area contributed by atoms with Gasteiger partial charge in [0.25, 0.3) is 0 Å². The fourth-order valence-corrected chi connectivity index (χ4v) is 3.09. The predicted octanol–water partition coefficient (Wildman–Crippen LogP) is 3.02. The number of amides is 1. The van der Waals surface area contributed by atoms with Gasteiger partial charge in [-0.15, -0.1) is 11.3 Å². The molecule has 2 aromatic rings. The monoisotopic (exact) mass is 333 g/mol. The third-order valence-corrected chi connectivity index (χ3v) is 4.40. The van der Waals surface area contributed by atoms with Crippen molar-refractivity contribution < 1.29 is 19.4 Å². The first-order valence-electron chi connectivity index (χ1n) is 7.26. The summed E-state index contributed by atoms with van der Waals surface area (Å²) >= 11 is 1.44. The van der Waals surface area contributed by atoms with Crippen LogP contribution in [-0.2, 0) is 16.0 Å². The number of methoxy groups -OCH3 is 1. The van der Waals surface area contributed by atoms with Gasteiger partial charge in [-0.1, -0.05) is 24.3 Å². The number of carbonyl (C=O) groups excluding carboxylic acids is 1. The van der Waals surface area contributed by atoms with Crippen molar-refractivity contribution in [1.29, 1.82) is 0 Å². The third-order valence-electron chi connectivity index (χ3n) is 3.41. The minimum atomic E-state index is -0.937. The summed E-state index contributed by atoms with van der Waals surface area (Å²) in [6, 6.07) is 10.7. The van der Waals surface area contributed by atoms with Crippen molar-refractivity contribution in [3.8, 4) is 5.75 Å². The van der Waals surface area contributed by atoms with Crippen molar-refractivity contribution in [1.82, 2.24) is 5.32 Å². The zero-order valence-electron chi connectivity index (χ0n) is 12.8. The molecule has 0 fully saturated rings. The lowest BCUT2D eigenvalue weighted by Crippen LogP contribution is -2.29. The molecule has 1 amide bonds. The van der Waals surface area contributed by atoms with Crippen LogP contribution in [0.5, 0.6) is 5.75 Å². The summed E-state index contributed by atoms with van der Waals surface area (Å²) in [5.41, 5.74) is 0.955. The van der Waals surface area contributed by atoms with Gasteiger partial charge in [-0.05, 0) is 29.5 Å². The Morgan fingerprint density at radius 2 is 2.04 bits per heavy atom. The summed E-state index contributed by atoms with van der Waals surface area (Å²) in [7, 11) is 1.60. The summed E-state index contributed by atoms with van der Waals surface area (Å²) in [6.07, 6.45) is 0.697. The number of hydrogen-bond donors (Lipinski definition) is 2. The molecule has 0 radical (unpaired) electrons. The molecule has 0 saturated heterocycles. The fraction of sp³-hybridized carbons (Fsp3) is 0.294. The average Bonchev–Trinajstić information content (AvgIpc) is 3.06. The highest BCUT2D eigenvalue weighted by Crippen LogP contribution is 2.23. The molecule has 2 N–H and O–H groups in total. The maximum atomic E-state index is 12.2. The van der Waals surface area contributed by atoms with Crippen LogP contribution in [0.4, 0.5) is 0 Å². The molecule has 0 saturated carbocycles. The second-order valence-electron chi connectivity index (χ2n) is 5.05. The summed E-state index contributed by atoms with van der Waals surface area (Å²) in [6.45, 7) is 0. The highest BCUT2D eigenvalue weighted by molar-refractivity contribution is 7.10. The van der Waals surface area contributed by atoms with E-state index in [-0.39, 0.29) is 18.7 Å². The van der Waals surface area contributed by atoms with E-state index in [0.717, 1.165) is 16.2 Å². The van der Waals surface area contributed by atoms with Crippen LogP contribution in [0.2, 0.25) is 0 Å². The van der Waals surface area contributed by atoms with Crippen molar-refractivity contribution in [2.75, 3.05) is 7.11 Å². The zero-order chi connectivity index (χ0) is 16.7. The molecule has 1 aromatic heterocycles. The molecule has 5 nitrogen and oxygen atoms in total. The lowest BCUT2D eigenvalue weighted by Gasteiger charge is -2.16. The van der Waals surface area contributed by atoms with Gasteiger partial charge in [0.2, 0.25) is 5.91 Å². The minimum absolute atomic E-state index is 0.124. The fourth-order valence-electron chi connectivity index (χ4n) is 2.31. The molecule has 1 heterocycles. The van der Waals surface area contributed by atoms with E-state index in [1.165, 1.54) is 11.3 Å². The first-order chi connectivity index (χ1) is 11.1. The van der Waals surface area contributed by atoms with E-state index in [1.807, 2.05) is 41.8 Å². The third kappa shape index (κ3) is 5.10. The Morgan fingerprint density at radius 1 is 1.26 bits per heavy atom. The highest BCUT2D eigenvalue weighted by atomic mass is 32.1. The van der Waals surface area contributed by atoms with Crippen LogP contribution in [0.15, 0.2) is 41.8 Å². The van der Waals surface area contributed by atoms with Crippen LogP contribution < -0.4 is 10.1 Å². The largest absolute Gasteiger partial charge is 0.496 e. The van der Waals surface area contributed by atoms with Crippen molar-refractivity contribution in [2.45, 2.75) is 25.3 Å². The normalized spacial score (nSPS) is 11.7. The maximum Gasteiger partial charge on any atom is 0.305 e. The molecule has 6 heteroatoms. The Labute approximate surface area is 138 Å². The average molecular weight is 333 g/mol. The molecule has 0 aliphatic rings. The van der Waals surface area contributed by atoms with Gasteiger partial charge in [-0.2, -0.15) is 0 Å². The second-order valence-corrected chi connectivity index (χ2v) is 6.02. The standard InChI is InChI=1S/C17H19NO4S/c1-22-14-6-3-2-5-12(14)8-9-16(19)18-13(11-17(20)21)15-7-4-10-23-15/h2-7,10,13H,8-9,11H2,1H3,(H,18,19)(H,20,21)/t13-/m0/s1. The lowest BCUT2D eigenvalue weighted by molar-refractivity contribution is -0.137. The Kier molecular flexibility index (Phi) is 6.17. The number of benzene rings is 1. The number of carboxylic acid groups (broad SMARTS) is 1. The second kappa shape index (κ2) is 8.33. The van der Waals surface area contributed by atoms with E-state index in [0.29, 0.717) is 6.42 Å². The number of hydrogen-bond acceptors (Lipinski definition) is 4. The maximum absolute atomic E-state index is 12.2. The zero-order valence-corrected chi connectivity index (χ0v) is 13.6. The minimum Gasteiger partial charge on any atom is -0.496 e. The quantitative estimate of drug-likeness (QED) is 0.778. The van der Waals surface area contributed by atoms with Gasteiger partial charge in [0.15, 0.2) is 0 Å². The number of rotatable bonds is 8. The van der Waals surface area contributed by atoms with Crippen molar-refractivity contribution in [2.24, 2.45) is 0 Å². The summed E-state index contributed by atoms with van der Waals surface area (Å²) in [5.74, 6) is -0.357. The van der Waals surface area contributed by atoms with Crippen LogP contribution in [0.25, 0.3) is 0 Å². The number of para-hydroxylation sites is 1. The Bertz CT molecular complexity index is 654. The van der Waals surface area contributed by atoms with E-state index < -0.39 is 12.0 Å². The smallest absolute Gasteiger partial charge is 0.305 e. The van der Waals surface area contributed by atoms with Crippen molar-refractivity contribution >= 4 is 23.2 Å². The molecule has 0 bridgehead atoms. The Morgan fingerprint density at radius 3 is 2.70 bits per heavy atom. The van der Waals surface area contributed by atoms with E-state index >= 15 is 0 Å². The molecule has 0 aliphatic heterocycles. The van der Waals surface area contributed by atoms with Gasteiger partial charge in [0.05, 0.1) is 19.6 Å². The first-order valence-corrected chi connectivity index (χ1v) is 8.14. The van der Waals surface area contributed by atoms with Crippen LogP contribution in [0.3, 0.4) is 0 Å². The molecular weight excluding hydrogens is 314 g/mol. The number of nitrogens with one attached hydrogen (secondary N) is 1. The molecule has 1 atom stereocenters. The number of aryl methyl sites for hydroxylation is 1. The SMILES string of the molecule is COc1ccccc1CCC(=O)N[C@@H](CC(=O)O)c1cccs1. The molecule has 0 spiro atoms. The summed E-state index contributed by atoms with van der Waals surface area (Å²) in [5, 5.41) is 13.7. The van der Waals surface area contributed by atoms with Gasteiger partial charge in [0.1, 0.15) is 5.75 Å². The van der Waals surface area contributed by atoms with Gasteiger partial charge >= 0.3 is 5.97 Å². The molecular formula is C17H19NO4S. The number of aliphatic carboxylic acids is 1. The van der Waals surface area contributed by atoms with Crippen LogP contribution in [0.1, 0.15) is 29.3 Å². The number of carbonyl (C=O) groups is 2. The summed E-state index contributed by atoms with van der Waals surface area (Å²) in [4.78, 5) is 24.0. The Balaban J connectivity index is 1.95. The molecule has 23 heavy (non-hydrogen) atoms. The summed E-state index contributed by atoms with van der Waals surface area (Å²) < 4.78 is 5.26. The van der Waals surface area contributed by atoms with E-state index in [4.69, 9.17) is 9.84 Å². The molecule has 0 unspecified atom stereocenters. The van der Waals surface area contributed by atoms with Crippen LogP contribution in [-0.4, -0.2) is 24.1 Å². The van der Waals surface area contributed by atoms with Gasteiger partial charge in [-0.25, -0.2) is 0 Å². The molecule has 1 aromatic carbocycles. The predicted molar refractivity (Wildman–Crippen MR) is 88.8 cm³/mol. The van der Waals surface area contributed by atoms with Crippen LogP contribution >= 0.6 is 11.3 Å². The van der Waals surface area contributed by atoms with E-state index in [2.05, 4.69) is 5.32 Å². The van der Waals surface area contributed by atoms with Gasteiger partial charge in [0, 0.05) is 11.3 Å². The van der Waals surface area contributed by atoms with Crippen molar-refractivity contribution in [3.63, 3.8) is 0 Å². The molecule has 2 rings (SSSR count). The lowest BCUT2D eigenvalue weighted by atomic mass is 10.1. The van der Waals surface area contributed by atoms with Gasteiger partial charge < -0.3 is 15.2 Å². The number of ether oxygens (including phenoxy) is 1. The number of thiophene rings is 1. The van der Waals surface area contributed by atoms with E-state index in [1.54, 1.807) is 7.11 Å². The highest BCUT2D eigenvalue weighted by Gasteiger charge is 2.19. The topological polar surface area (TPSA) is 75.6 Å². The van der Waals surface area contributed by atoms with Crippen LogP contribution in [0, 0.1) is 0 Å². The first kappa shape index (κ1) is 17.0. The number of carboxylic acids is 1. The van der Waals surface area contributed by atoms with Gasteiger partial charge in [-0.3, -0.25) is 9.59 Å². The molecule has 122 valence electrons.